The number of hydrogen-bond acceptors (Lipinski definition) is 3. The van der Waals surface area contributed by atoms with E-state index in [0.717, 1.165) is 0 Å². The summed E-state index contributed by atoms with van der Waals surface area (Å²) in [6.07, 6.45) is 0. The fourth-order valence-corrected chi connectivity index (χ4v) is 1.71. The van der Waals surface area contributed by atoms with Crippen LogP contribution in [-0.4, -0.2) is 20.2 Å². The fourth-order valence-electron chi connectivity index (χ4n) is 0.850. The van der Waals surface area contributed by atoms with E-state index in [1.807, 2.05) is 0 Å². The van der Waals surface area contributed by atoms with E-state index in [4.69, 9.17) is 5.11 Å². The number of para-hydroxylation sites is 1. The Hall–Kier alpha value is -1.03. The first kappa shape index (κ1) is 9.06. The summed E-state index contributed by atoms with van der Waals surface area (Å²) in [5.74, 6) is -0.0798. The summed E-state index contributed by atoms with van der Waals surface area (Å²) in [5.41, 5.74) is 0. The van der Waals surface area contributed by atoms with Crippen molar-refractivity contribution in [1.82, 2.24) is 0 Å². The lowest BCUT2D eigenvalue weighted by molar-refractivity contribution is 0.394. The maximum absolute atomic E-state index is 11.2. The Morgan fingerprint density at radius 1 is 1.42 bits per heavy atom. The first-order valence-corrected chi connectivity index (χ1v) is 4.88. The van der Waals surface area contributed by atoms with Gasteiger partial charge in [0.05, 0.1) is 15.7 Å². The lowest BCUT2D eigenvalue weighted by atomic mass is 10.3. The molecule has 0 heterocycles. The van der Waals surface area contributed by atoms with Crippen LogP contribution >= 0.6 is 0 Å². The quantitative estimate of drug-likeness (QED) is 0.683. The van der Waals surface area contributed by atoms with E-state index < -0.39 is 10.8 Å². The number of rotatable bonds is 2. The van der Waals surface area contributed by atoms with E-state index in [9.17, 15) is 9.32 Å². The molecule has 2 N–H and O–H groups in total. The maximum atomic E-state index is 11.2. The van der Waals surface area contributed by atoms with Crippen LogP contribution in [-0.2, 0) is 10.8 Å². The largest absolute Gasteiger partial charge is 0.504 e. The zero-order valence-corrected chi connectivity index (χ0v) is 7.47. The maximum Gasteiger partial charge on any atom is 0.173 e. The summed E-state index contributed by atoms with van der Waals surface area (Å²) in [5, 5.41) is 18.3. The van der Waals surface area contributed by atoms with Crippen LogP contribution in [0.2, 0.25) is 0 Å². The topological polar surface area (TPSA) is 57.5 Å². The molecule has 1 unspecified atom stereocenters. The molecule has 3 nitrogen and oxygen atoms in total. The Morgan fingerprint density at radius 2 is 2.08 bits per heavy atom. The average Bonchev–Trinajstić information content (AvgIpc) is 2.08. The van der Waals surface area contributed by atoms with E-state index in [1.165, 1.54) is 12.1 Å². The van der Waals surface area contributed by atoms with Crippen LogP contribution in [0.5, 0.6) is 11.5 Å². The monoisotopic (exact) mass is 186 g/mol. The summed E-state index contributed by atoms with van der Waals surface area (Å²) in [4.78, 5) is 0.289. The van der Waals surface area contributed by atoms with Crippen molar-refractivity contribution in [1.29, 1.82) is 0 Å². The summed E-state index contributed by atoms with van der Waals surface area (Å²) >= 11 is 0. The third-order valence-corrected chi connectivity index (χ3v) is 2.83. The molecule has 4 heteroatoms. The third-order valence-electron chi connectivity index (χ3n) is 1.49. The molecule has 12 heavy (non-hydrogen) atoms. The van der Waals surface area contributed by atoms with E-state index in [0.29, 0.717) is 5.75 Å². The molecule has 0 aliphatic rings. The molecular formula is C8H10O3S. The van der Waals surface area contributed by atoms with Crippen LogP contribution in [0.3, 0.4) is 0 Å². The molecular weight excluding hydrogens is 176 g/mol. The molecule has 0 aliphatic carbocycles. The molecule has 0 aliphatic heterocycles. The molecule has 0 bridgehead atoms. The van der Waals surface area contributed by atoms with Gasteiger partial charge in [-0.3, -0.25) is 4.21 Å². The highest BCUT2D eigenvalue weighted by Gasteiger charge is 2.09. The minimum atomic E-state index is -1.22. The Morgan fingerprint density at radius 3 is 2.67 bits per heavy atom. The molecule has 0 saturated carbocycles. The van der Waals surface area contributed by atoms with Crippen LogP contribution in [0.4, 0.5) is 0 Å². The summed E-state index contributed by atoms with van der Waals surface area (Å²) in [6.45, 7) is 1.75. The summed E-state index contributed by atoms with van der Waals surface area (Å²) in [6, 6.07) is 4.44. The Bertz CT molecular complexity index is 309. The molecule has 1 atom stereocenters. The predicted molar refractivity (Wildman–Crippen MR) is 46.7 cm³/mol. The number of benzene rings is 1. The van der Waals surface area contributed by atoms with E-state index in [2.05, 4.69) is 0 Å². The lowest BCUT2D eigenvalue weighted by Crippen LogP contribution is -1.93. The van der Waals surface area contributed by atoms with Crippen molar-refractivity contribution in [3.63, 3.8) is 0 Å². The van der Waals surface area contributed by atoms with Crippen molar-refractivity contribution in [2.45, 2.75) is 11.8 Å². The third kappa shape index (κ3) is 1.58. The number of hydrogen-bond donors (Lipinski definition) is 2. The lowest BCUT2D eigenvalue weighted by Gasteiger charge is -2.03. The number of phenolic OH excluding ortho intramolecular Hbond substituents is 2. The van der Waals surface area contributed by atoms with Crippen molar-refractivity contribution in [3.05, 3.63) is 18.2 Å². The van der Waals surface area contributed by atoms with Crippen molar-refractivity contribution >= 4 is 10.8 Å². The Balaban J connectivity index is 3.16. The first-order chi connectivity index (χ1) is 5.66. The molecule has 66 valence electrons. The second-order valence-corrected chi connectivity index (χ2v) is 3.97. The normalized spacial score (nSPS) is 12.8. The molecule has 0 spiro atoms. The minimum Gasteiger partial charge on any atom is -0.504 e. The first-order valence-electron chi connectivity index (χ1n) is 3.56. The number of phenols is 2. The van der Waals surface area contributed by atoms with Gasteiger partial charge in [-0.2, -0.15) is 0 Å². The highest BCUT2D eigenvalue weighted by atomic mass is 32.2. The van der Waals surface area contributed by atoms with Crippen LogP contribution in [0.1, 0.15) is 6.92 Å². The molecule has 0 amide bonds. The van der Waals surface area contributed by atoms with Crippen LogP contribution in [0.15, 0.2) is 23.1 Å². The van der Waals surface area contributed by atoms with Gasteiger partial charge in [-0.05, 0) is 12.1 Å². The summed E-state index contributed by atoms with van der Waals surface area (Å²) in [7, 11) is -1.22. The van der Waals surface area contributed by atoms with Gasteiger partial charge in [0.25, 0.3) is 0 Å². The molecule has 1 rings (SSSR count). The molecule has 0 fully saturated rings. The van der Waals surface area contributed by atoms with Gasteiger partial charge in [-0.25, -0.2) is 0 Å². The second-order valence-electron chi connectivity index (χ2n) is 2.26. The SMILES string of the molecule is CCS(=O)c1cccc(O)c1O. The van der Waals surface area contributed by atoms with E-state index in [1.54, 1.807) is 13.0 Å². The molecule has 1 aromatic carbocycles. The Labute approximate surface area is 73.1 Å². The summed E-state index contributed by atoms with van der Waals surface area (Å²) < 4.78 is 11.2. The van der Waals surface area contributed by atoms with Crippen molar-refractivity contribution in [2.24, 2.45) is 0 Å². The Kier molecular flexibility index (Phi) is 2.70. The molecule has 1 aromatic rings. The van der Waals surface area contributed by atoms with Crippen LogP contribution in [0, 0.1) is 0 Å². The molecule has 0 aromatic heterocycles. The highest BCUT2D eigenvalue weighted by molar-refractivity contribution is 7.85. The zero-order valence-electron chi connectivity index (χ0n) is 6.65. The van der Waals surface area contributed by atoms with Gasteiger partial charge in [-0.1, -0.05) is 13.0 Å². The van der Waals surface area contributed by atoms with Crippen LogP contribution in [0.25, 0.3) is 0 Å². The van der Waals surface area contributed by atoms with Gasteiger partial charge in [-0.15, -0.1) is 0 Å². The standard InChI is InChI=1S/C8H10O3S/c1-2-12(11)7-5-3-4-6(9)8(7)10/h3-5,9-10H,2H2,1H3. The van der Waals surface area contributed by atoms with Crippen molar-refractivity contribution in [2.75, 3.05) is 5.75 Å². The van der Waals surface area contributed by atoms with Crippen molar-refractivity contribution in [3.8, 4) is 11.5 Å². The molecule has 0 saturated heterocycles. The van der Waals surface area contributed by atoms with Gasteiger partial charge in [0.15, 0.2) is 11.5 Å². The van der Waals surface area contributed by atoms with Gasteiger partial charge >= 0.3 is 0 Å². The van der Waals surface area contributed by atoms with E-state index in [-0.39, 0.29) is 16.4 Å². The smallest absolute Gasteiger partial charge is 0.173 e. The molecule has 0 radical (unpaired) electrons. The predicted octanol–water partition coefficient (Wildman–Crippen LogP) is 1.23. The fraction of sp³-hybridized carbons (Fsp3) is 0.250. The van der Waals surface area contributed by atoms with Gasteiger partial charge in [0, 0.05) is 5.75 Å². The van der Waals surface area contributed by atoms with Crippen LogP contribution < -0.4 is 0 Å². The zero-order chi connectivity index (χ0) is 9.14. The number of aromatic hydroxyl groups is 2. The minimum absolute atomic E-state index is 0.227. The van der Waals surface area contributed by atoms with Gasteiger partial charge in [0.1, 0.15) is 0 Å². The van der Waals surface area contributed by atoms with Crippen molar-refractivity contribution < 1.29 is 14.4 Å². The van der Waals surface area contributed by atoms with Gasteiger partial charge in [0.2, 0.25) is 0 Å². The van der Waals surface area contributed by atoms with E-state index >= 15 is 0 Å². The van der Waals surface area contributed by atoms with Gasteiger partial charge < -0.3 is 10.2 Å². The average molecular weight is 186 g/mol. The second kappa shape index (κ2) is 3.58. The highest BCUT2D eigenvalue weighted by Crippen LogP contribution is 2.30.